The molecule has 1 heterocycles. The quantitative estimate of drug-likeness (QED) is 0.919. The molecule has 1 amide bonds. The van der Waals surface area contributed by atoms with Gasteiger partial charge in [0.25, 0.3) is 5.91 Å². The zero-order valence-electron chi connectivity index (χ0n) is 12.4. The van der Waals surface area contributed by atoms with Crippen LogP contribution < -0.4 is 5.32 Å². The van der Waals surface area contributed by atoms with Crippen LogP contribution in [0.1, 0.15) is 42.5 Å². The lowest BCUT2D eigenvalue weighted by molar-refractivity contribution is 0.0945. The van der Waals surface area contributed by atoms with Gasteiger partial charge in [-0.25, -0.2) is 4.39 Å². The molecule has 0 spiro atoms. The van der Waals surface area contributed by atoms with Crippen LogP contribution in [0.5, 0.6) is 0 Å². The monoisotopic (exact) mass is 288 g/mol. The summed E-state index contributed by atoms with van der Waals surface area (Å²) in [7, 11) is 1.83. The minimum Gasteiger partial charge on any atom is -0.352 e. The largest absolute Gasteiger partial charge is 0.352 e. The SMILES string of the molecule is Cn1cc(C(=O)NCC2CCCCC2)c2c(F)cccc21. The van der Waals surface area contributed by atoms with Gasteiger partial charge in [0, 0.05) is 25.2 Å². The van der Waals surface area contributed by atoms with Gasteiger partial charge in [0.1, 0.15) is 5.82 Å². The average molecular weight is 288 g/mol. The number of fused-ring (bicyclic) bond motifs is 1. The highest BCUT2D eigenvalue weighted by Crippen LogP contribution is 2.25. The second kappa shape index (κ2) is 5.88. The van der Waals surface area contributed by atoms with Gasteiger partial charge in [0.05, 0.1) is 11.1 Å². The number of rotatable bonds is 3. The molecule has 1 saturated carbocycles. The Morgan fingerprint density at radius 3 is 2.86 bits per heavy atom. The first-order valence-corrected chi connectivity index (χ1v) is 7.68. The summed E-state index contributed by atoms with van der Waals surface area (Å²) in [6.07, 6.45) is 7.89. The van der Waals surface area contributed by atoms with Crippen molar-refractivity contribution in [3.05, 3.63) is 35.8 Å². The molecule has 1 N–H and O–H groups in total. The van der Waals surface area contributed by atoms with E-state index in [1.54, 1.807) is 16.8 Å². The maximum absolute atomic E-state index is 14.0. The van der Waals surface area contributed by atoms with E-state index in [-0.39, 0.29) is 11.7 Å². The minimum absolute atomic E-state index is 0.170. The molecule has 1 fully saturated rings. The van der Waals surface area contributed by atoms with Gasteiger partial charge in [-0.1, -0.05) is 25.3 Å². The Kier molecular flexibility index (Phi) is 3.95. The Hall–Kier alpha value is -1.84. The van der Waals surface area contributed by atoms with Crippen LogP contribution >= 0.6 is 0 Å². The number of nitrogens with zero attached hydrogens (tertiary/aromatic N) is 1. The van der Waals surface area contributed by atoms with Crippen molar-refractivity contribution in [3.63, 3.8) is 0 Å². The number of hydrogen-bond donors (Lipinski definition) is 1. The van der Waals surface area contributed by atoms with E-state index < -0.39 is 0 Å². The summed E-state index contributed by atoms with van der Waals surface area (Å²) < 4.78 is 15.8. The first-order chi connectivity index (χ1) is 10.2. The van der Waals surface area contributed by atoms with Gasteiger partial charge in [0.15, 0.2) is 0 Å². The Morgan fingerprint density at radius 1 is 1.33 bits per heavy atom. The number of carbonyl (C=O) groups is 1. The zero-order valence-corrected chi connectivity index (χ0v) is 12.4. The molecule has 0 aliphatic heterocycles. The molecule has 1 aliphatic rings. The highest BCUT2D eigenvalue weighted by Gasteiger charge is 2.19. The Balaban J connectivity index is 1.78. The predicted octanol–water partition coefficient (Wildman–Crippen LogP) is 3.63. The summed E-state index contributed by atoms with van der Waals surface area (Å²) >= 11 is 0. The van der Waals surface area contributed by atoms with Gasteiger partial charge in [-0.2, -0.15) is 0 Å². The molecule has 1 aliphatic carbocycles. The average Bonchev–Trinajstić information content (AvgIpc) is 2.85. The number of halogens is 1. The molecule has 21 heavy (non-hydrogen) atoms. The topological polar surface area (TPSA) is 34.0 Å². The van der Waals surface area contributed by atoms with Gasteiger partial charge in [-0.05, 0) is 30.9 Å². The lowest BCUT2D eigenvalue weighted by atomic mass is 9.89. The van der Waals surface area contributed by atoms with E-state index in [9.17, 15) is 9.18 Å². The molecule has 0 bridgehead atoms. The number of aromatic nitrogens is 1. The number of aryl methyl sites for hydroxylation is 1. The molecule has 2 aromatic rings. The van der Waals surface area contributed by atoms with E-state index in [2.05, 4.69) is 5.32 Å². The van der Waals surface area contributed by atoms with Crippen molar-refractivity contribution in [1.82, 2.24) is 9.88 Å². The normalized spacial score (nSPS) is 16.3. The summed E-state index contributed by atoms with van der Waals surface area (Å²) in [6.45, 7) is 0.698. The Morgan fingerprint density at radius 2 is 2.10 bits per heavy atom. The van der Waals surface area contributed by atoms with E-state index in [1.165, 1.54) is 38.2 Å². The van der Waals surface area contributed by atoms with Crippen molar-refractivity contribution >= 4 is 16.8 Å². The smallest absolute Gasteiger partial charge is 0.253 e. The maximum atomic E-state index is 14.0. The third-order valence-electron chi connectivity index (χ3n) is 4.48. The standard InChI is InChI=1S/C17H21FN2O/c1-20-11-13(16-14(18)8-5-9-15(16)20)17(21)19-10-12-6-3-2-4-7-12/h5,8-9,11-12H,2-4,6-7,10H2,1H3,(H,19,21). The van der Waals surface area contributed by atoms with E-state index in [0.717, 1.165) is 5.52 Å². The van der Waals surface area contributed by atoms with Crippen molar-refractivity contribution in [2.24, 2.45) is 13.0 Å². The maximum Gasteiger partial charge on any atom is 0.253 e. The molecule has 3 rings (SSSR count). The van der Waals surface area contributed by atoms with Crippen LogP contribution in [0, 0.1) is 11.7 Å². The van der Waals surface area contributed by atoms with Crippen molar-refractivity contribution in [3.8, 4) is 0 Å². The molecule has 0 unspecified atom stereocenters. The number of carbonyl (C=O) groups excluding carboxylic acids is 1. The van der Waals surface area contributed by atoms with E-state index in [1.807, 2.05) is 13.1 Å². The summed E-state index contributed by atoms with van der Waals surface area (Å²) in [6, 6.07) is 4.90. The zero-order chi connectivity index (χ0) is 14.8. The van der Waals surface area contributed by atoms with Crippen LogP contribution in [0.2, 0.25) is 0 Å². The summed E-state index contributed by atoms with van der Waals surface area (Å²) in [5, 5.41) is 3.40. The molecule has 0 saturated heterocycles. The predicted molar refractivity (Wildman–Crippen MR) is 81.8 cm³/mol. The van der Waals surface area contributed by atoms with Crippen molar-refractivity contribution < 1.29 is 9.18 Å². The van der Waals surface area contributed by atoms with Crippen LogP contribution in [-0.4, -0.2) is 17.0 Å². The second-order valence-corrected chi connectivity index (χ2v) is 6.00. The first kappa shape index (κ1) is 14.1. The van der Waals surface area contributed by atoms with Crippen LogP contribution in [0.3, 0.4) is 0 Å². The lowest BCUT2D eigenvalue weighted by Gasteiger charge is -2.21. The van der Waals surface area contributed by atoms with Crippen molar-refractivity contribution in [1.29, 1.82) is 0 Å². The Labute approximate surface area is 124 Å². The van der Waals surface area contributed by atoms with Gasteiger partial charge in [-0.3, -0.25) is 4.79 Å². The molecule has 4 heteroatoms. The second-order valence-electron chi connectivity index (χ2n) is 6.00. The molecule has 112 valence electrons. The third-order valence-corrected chi connectivity index (χ3v) is 4.48. The first-order valence-electron chi connectivity index (χ1n) is 7.68. The highest BCUT2D eigenvalue weighted by molar-refractivity contribution is 6.07. The van der Waals surface area contributed by atoms with E-state index in [0.29, 0.717) is 23.4 Å². The number of amides is 1. The molecular formula is C17H21FN2O. The molecule has 0 atom stereocenters. The molecule has 1 aromatic carbocycles. The number of benzene rings is 1. The summed E-state index contributed by atoms with van der Waals surface area (Å²) in [4.78, 5) is 12.4. The fourth-order valence-electron chi connectivity index (χ4n) is 3.30. The summed E-state index contributed by atoms with van der Waals surface area (Å²) in [5.41, 5.74) is 1.18. The van der Waals surface area contributed by atoms with Gasteiger partial charge in [-0.15, -0.1) is 0 Å². The van der Waals surface area contributed by atoms with Crippen molar-refractivity contribution in [2.75, 3.05) is 6.54 Å². The number of nitrogens with one attached hydrogen (secondary N) is 1. The van der Waals surface area contributed by atoms with Crippen molar-refractivity contribution in [2.45, 2.75) is 32.1 Å². The Bertz CT molecular complexity index is 656. The van der Waals surface area contributed by atoms with E-state index in [4.69, 9.17) is 0 Å². The van der Waals surface area contributed by atoms with Gasteiger partial charge in [0.2, 0.25) is 0 Å². The van der Waals surface area contributed by atoms with Gasteiger partial charge >= 0.3 is 0 Å². The highest BCUT2D eigenvalue weighted by atomic mass is 19.1. The molecule has 0 radical (unpaired) electrons. The lowest BCUT2D eigenvalue weighted by Crippen LogP contribution is -2.30. The van der Waals surface area contributed by atoms with Crippen LogP contribution in [0.25, 0.3) is 10.9 Å². The number of hydrogen-bond acceptors (Lipinski definition) is 1. The molecular weight excluding hydrogens is 267 g/mol. The molecule has 3 nitrogen and oxygen atoms in total. The minimum atomic E-state index is -0.337. The van der Waals surface area contributed by atoms with Crippen LogP contribution in [0.4, 0.5) is 4.39 Å². The van der Waals surface area contributed by atoms with E-state index >= 15 is 0 Å². The fraction of sp³-hybridized carbons (Fsp3) is 0.471. The third kappa shape index (κ3) is 2.80. The van der Waals surface area contributed by atoms with Gasteiger partial charge < -0.3 is 9.88 Å². The van der Waals surface area contributed by atoms with Crippen LogP contribution in [-0.2, 0) is 7.05 Å². The molecule has 1 aromatic heterocycles. The van der Waals surface area contributed by atoms with Crippen LogP contribution in [0.15, 0.2) is 24.4 Å². The fourth-order valence-corrected chi connectivity index (χ4v) is 3.30. The summed E-state index contributed by atoms with van der Waals surface area (Å²) in [5.74, 6) is 0.0645.